The van der Waals surface area contributed by atoms with Crippen molar-refractivity contribution < 1.29 is 9.31 Å². The highest BCUT2D eigenvalue weighted by molar-refractivity contribution is 5.57. The Labute approximate surface area is 124 Å². The van der Waals surface area contributed by atoms with Gasteiger partial charge < -0.3 is 0 Å². The smallest absolute Gasteiger partial charge is 0.258 e. The molecule has 0 N–H and O–H groups in total. The number of benzene rings is 2. The molecule has 2 aromatic carbocycles. The molecule has 110 valence electrons. The molecule has 0 spiro atoms. The minimum absolute atomic E-state index is 0.00121. The zero-order valence-electron chi connectivity index (χ0n) is 11.3. The number of non-ortho nitro benzene ring substituents is 1. The number of rotatable bonds is 4. The molecule has 0 saturated heterocycles. The molecule has 7 nitrogen and oxygen atoms in total. The number of aromatic nitrogens is 4. The minimum atomic E-state index is -0.467. The molecule has 3 aromatic rings. The Kier molecular flexibility index (Phi) is 3.57. The van der Waals surface area contributed by atoms with Gasteiger partial charge in [0.15, 0.2) is 5.82 Å². The minimum Gasteiger partial charge on any atom is -0.258 e. The molecule has 0 amide bonds. The Balaban J connectivity index is 1.88. The monoisotopic (exact) mass is 299 g/mol. The summed E-state index contributed by atoms with van der Waals surface area (Å²) < 4.78 is 14.5. The van der Waals surface area contributed by atoms with E-state index in [-0.39, 0.29) is 11.5 Å². The van der Waals surface area contributed by atoms with E-state index < -0.39 is 4.92 Å². The van der Waals surface area contributed by atoms with E-state index in [2.05, 4.69) is 15.5 Å². The van der Waals surface area contributed by atoms with Gasteiger partial charge in [0.2, 0.25) is 0 Å². The highest BCUT2D eigenvalue weighted by atomic mass is 19.1. The third-order valence-corrected chi connectivity index (χ3v) is 3.11. The summed E-state index contributed by atoms with van der Waals surface area (Å²) in [7, 11) is 0. The second-order valence-corrected chi connectivity index (χ2v) is 4.59. The lowest BCUT2D eigenvalue weighted by Gasteiger charge is -2.05. The first kappa shape index (κ1) is 13.8. The lowest BCUT2D eigenvalue weighted by atomic mass is 10.2. The molecule has 1 aromatic heterocycles. The molecule has 0 unspecified atom stereocenters. The van der Waals surface area contributed by atoms with Gasteiger partial charge in [0.05, 0.1) is 11.5 Å². The van der Waals surface area contributed by atoms with Gasteiger partial charge in [-0.3, -0.25) is 10.1 Å². The predicted molar refractivity (Wildman–Crippen MR) is 75.4 cm³/mol. The normalized spacial score (nSPS) is 10.6. The predicted octanol–water partition coefficient (Wildman–Crippen LogP) is 2.44. The zero-order chi connectivity index (χ0) is 15.5. The van der Waals surface area contributed by atoms with Crippen LogP contribution in [0.5, 0.6) is 0 Å². The van der Waals surface area contributed by atoms with Gasteiger partial charge in [-0.1, -0.05) is 12.1 Å². The van der Waals surface area contributed by atoms with E-state index in [4.69, 9.17) is 0 Å². The topological polar surface area (TPSA) is 86.7 Å². The average molecular weight is 299 g/mol. The molecule has 0 aliphatic heterocycles. The van der Waals surface area contributed by atoms with Crippen molar-refractivity contribution in [2.45, 2.75) is 6.54 Å². The number of nitro groups is 1. The van der Waals surface area contributed by atoms with Crippen LogP contribution < -0.4 is 0 Å². The van der Waals surface area contributed by atoms with E-state index in [1.165, 1.54) is 24.3 Å². The molecule has 22 heavy (non-hydrogen) atoms. The van der Waals surface area contributed by atoms with Crippen LogP contribution in [0.25, 0.3) is 11.4 Å². The van der Waals surface area contributed by atoms with Crippen LogP contribution in [0.1, 0.15) is 5.56 Å². The summed E-state index contributed by atoms with van der Waals surface area (Å²) in [5.41, 5.74) is 1.51. The molecule has 3 rings (SSSR count). The fourth-order valence-corrected chi connectivity index (χ4v) is 2.01. The first-order valence-electron chi connectivity index (χ1n) is 6.39. The van der Waals surface area contributed by atoms with E-state index in [1.54, 1.807) is 28.9 Å². The van der Waals surface area contributed by atoms with E-state index in [0.717, 1.165) is 5.56 Å². The van der Waals surface area contributed by atoms with Gasteiger partial charge in [0.25, 0.3) is 5.69 Å². The molecule has 1 heterocycles. The van der Waals surface area contributed by atoms with Crippen molar-refractivity contribution >= 4 is 5.69 Å². The van der Waals surface area contributed by atoms with Crippen molar-refractivity contribution in [2.24, 2.45) is 0 Å². The zero-order valence-corrected chi connectivity index (χ0v) is 11.3. The molecule has 0 radical (unpaired) electrons. The number of halogens is 1. The molecular formula is C14H10FN5O2. The standard InChI is InChI=1S/C14H10FN5O2/c15-12-5-1-10(2-6-12)9-19-14(16-17-18-19)11-3-7-13(8-4-11)20(21)22/h1-8H,9H2. The Morgan fingerprint density at radius 3 is 2.41 bits per heavy atom. The van der Waals surface area contributed by atoms with Crippen LogP contribution in [0.4, 0.5) is 10.1 Å². The Hall–Kier alpha value is -3.16. The number of hydrogen-bond acceptors (Lipinski definition) is 5. The van der Waals surface area contributed by atoms with Gasteiger partial charge in [-0.05, 0) is 40.3 Å². The lowest BCUT2D eigenvalue weighted by Crippen LogP contribution is -2.04. The van der Waals surface area contributed by atoms with Gasteiger partial charge in [-0.2, -0.15) is 0 Å². The van der Waals surface area contributed by atoms with Crippen molar-refractivity contribution in [2.75, 3.05) is 0 Å². The fourth-order valence-electron chi connectivity index (χ4n) is 2.01. The number of tetrazole rings is 1. The van der Waals surface area contributed by atoms with E-state index in [9.17, 15) is 14.5 Å². The summed E-state index contributed by atoms with van der Waals surface area (Å²) in [5, 5.41) is 22.1. The summed E-state index contributed by atoms with van der Waals surface area (Å²) in [6.45, 7) is 0.375. The molecule has 0 fully saturated rings. The first-order chi connectivity index (χ1) is 10.6. The van der Waals surface area contributed by atoms with Crippen molar-refractivity contribution in [1.82, 2.24) is 20.2 Å². The number of nitrogens with zero attached hydrogens (tertiary/aromatic N) is 5. The summed E-state index contributed by atoms with van der Waals surface area (Å²) in [4.78, 5) is 10.2. The SMILES string of the molecule is O=[N+]([O-])c1ccc(-c2nnnn2Cc2ccc(F)cc2)cc1. The second-order valence-electron chi connectivity index (χ2n) is 4.59. The quantitative estimate of drug-likeness (QED) is 0.545. The van der Waals surface area contributed by atoms with Crippen molar-refractivity contribution in [1.29, 1.82) is 0 Å². The molecule has 0 aliphatic carbocycles. The Morgan fingerprint density at radius 2 is 1.77 bits per heavy atom. The maximum absolute atomic E-state index is 12.9. The van der Waals surface area contributed by atoms with Crippen LogP contribution in [0.2, 0.25) is 0 Å². The summed E-state index contributed by atoms with van der Waals surface area (Å²) in [5.74, 6) is 0.176. The van der Waals surface area contributed by atoms with Gasteiger partial charge in [-0.15, -0.1) is 5.10 Å². The third kappa shape index (κ3) is 2.80. The number of nitro benzene ring substituents is 1. The van der Waals surface area contributed by atoms with Crippen LogP contribution in [-0.4, -0.2) is 25.1 Å². The van der Waals surface area contributed by atoms with E-state index >= 15 is 0 Å². The van der Waals surface area contributed by atoms with Crippen molar-refractivity contribution in [3.63, 3.8) is 0 Å². The van der Waals surface area contributed by atoms with Crippen LogP contribution in [0.15, 0.2) is 48.5 Å². The Bertz CT molecular complexity index is 799. The third-order valence-electron chi connectivity index (χ3n) is 3.11. The van der Waals surface area contributed by atoms with Gasteiger partial charge >= 0.3 is 0 Å². The molecule has 0 saturated carbocycles. The van der Waals surface area contributed by atoms with Crippen molar-refractivity contribution in [3.05, 3.63) is 70.0 Å². The molecule has 0 atom stereocenters. The average Bonchev–Trinajstić information content (AvgIpc) is 2.98. The fraction of sp³-hybridized carbons (Fsp3) is 0.0714. The summed E-state index contributed by atoms with van der Waals surface area (Å²) in [6.07, 6.45) is 0. The highest BCUT2D eigenvalue weighted by Crippen LogP contribution is 2.20. The second kappa shape index (κ2) is 5.68. The highest BCUT2D eigenvalue weighted by Gasteiger charge is 2.11. The summed E-state index contributed by atoms with van der Waals surface area (Å²) in [6, 6.07) is 12.0. The largest absolute Gasteiger partial charge is 0.269 e. The molecule has 8 heteroatoms. The van der Waals surface area contributed by atoms with Gasteiger partial charge in [0, 0.05) is 17.7 Å². The van der Waals surface area contributed by atoms with E-state index in [1.807, 2.05) is 0 Å². The van der Waals surface area contributed by atoms with Crippen LogP contribution in [0.3, 0.4) is 0 Å². The van der Waals surface area contributed by atoms with Crippen molar-refractivity contribution in [3.8, 4) is 11.4 Å². The molecule has 0 bridgehead atoms. The van der Waals surface area contributed by atoms with Crippen LogP contribution >= 0.6 is 0 Å². The lowest BCUT2D eigenvalue weighted by molar-refractivity contribution is -0.384. The molecule has 0 aliphatic rings. The molecular weight excluding hydrogens is 289 g/mol. The van der Waals surface area contributed by atoms with Crippen LogP contribution in [-0.2, 0) is 6.54 Å². The number of hydrogen-bond donors (Lipinski definition) is 0. The summed E-state index contributed by atoms with van der Waals surface area (Å²) >= 11 is 0. The maximum Gasteiger partial charge on any atom is 0.269 e. The maximum atomic E-state index is 12.9. The Morgan fingerprint density at radius 1 is 1.09 bits per heavy atom. The van der Waals surface area contributed by atoms with Gasteiger partial charge in [0.1, 0.15) is 5.82 Å². The van der Waals surface area contributed by atoms with E-state index in [0.29, 0.717) is 17.9 Å². The first-order valence-corrected chi connectivity index (χ1v) is 6.39. The van der Waals surface area contributed by atoms with Gasteiger partial charge in [-0.25, -0.2) is 9.07 Å². The van der Waals surface area contributed by atoms with Crippen LogP contribution in [0, 0.1) is 15.9 Å².